The first-order valence-electron chi connectivity index (χ1n) is 9.89. The number of hydrogen-bond donors (Lipinski definition) is 1. The van der Waals surface area contributed by atoms with Crippen molar-refractivity contribution in [3.05, 3.63) is 64.7 Å². The second-order valence-corrected chi connectivity index (χ2v) is 7.75. The minimum Gasteiger partial charge on any atom is -0.491 e. The Bertz CT molecular complexity index is 1000. The number of urea groups is 1. The van der Waals surface area contributed by atoms with Gasteiger partial charge in [-0.05, 0) is 61.9 Å². The van der Waals surface area contributed by atoms with Crippen molar-refractivity contribution in [1.29, 1.82) is 0 Å². The molecule has 1 atom stereocenters. The second kappa shape index (κ2) is 7.35. The van der Waals surface area contributed by atoms with Crippen LogP contribution in [0, 0.1) is 0 Å². The molecule has 0 unspecified atom stereocenters. The maximum Gasteiger partial charge on any atom is 0.325 e. The van der Waals surface area contributed by atoms with E-state index < -0.39 is 11.6 Å². The molecule has 3 amide bonds. The van der Waals surface area contributed by atoms with E-state index in [1.807, 2.05) is 12.1 Å². The van der Waals surface area contributed by atoms with E-state index in [1.54, 1.807) is 31.2 Å². The van der Waals surface area contributed by atoms with E-state index in [0.29, 0.717) is 11.3 Å². The lowest BCUT2D eigenvalue weighted by molar-refractivity contribution is -0.131. The highest BCUT2D eigenvalue weighted by Crippen LogP contribution is 2.32. The highest BCUT2D eigenvalue weighted by molar-refractivity contribution is 6.07. The summed E-state index contributed by atoms with van der Waals surface area (Å²) in [5.74, 6) is 0.0668. The lowest BCUT2D eigenvalue weighted by Gasteiger charge is -2.23. The predicted molar refractivity (Wildman–Crippen MR) is 108 cm³/mol. The van der Waals surface area contributed by atoms with Gasteiger partial charge in [0, 0.05) is 0 Å². The molecule has 6 nitrogen and oxygen atoms in total. The molecule has 0 radical (unpaired) electrons. The first kappa shape index (κ1) is 19.2. The molecule has 4 rings (SSSR count). The van der Waals surface area contributed by atoms with Gasteiger partial charge in [0.1, 0.15) is 17.9 Å². The summed E-state index contributed by atoms with van der Waals surface area (Å²) in [6.07, 6.45) is 3.20. The number of benzene rings is 2. The van der Waals surface area contributed by atoms with Crippen LogP contribution < -0.4 is 10.1 Å². The maximum atomic E-state index is 13.1. The molecule has 2 aromatic rings. The molecule has 1 N–H and O–H groups in total. The summed E-state index contributed by atoms with van der Waals surface area (Å²) in [4.78, 5) is 38.5. The number of aryl methyl sites for hydroxylation is 2. The lowest BCUT2D eigenvalue weighted by Crippen LogP contribution is -2.41. The minimum atomic E-state index is -1.08. The summed E-state index contributed by atoms with van der Waals surface area (Å²) >= 11 is 0. The fraction of sp³-hybridized carbons (Fsp3) is 0.348. The van der Waals surface area contributed by atoms with Crippen molar-refractivity contribution in [2.24, 2.45) is 0 Å². The second-order valence-electron chi connectivity index (χ2n) is 7.75. The van der Waals surface area contributed by atoms with Crippen LogP contribution in [0.2, 0.25) is 0 Å². The Morgan fingerprint density at radius 3 is 2.69 bits per heavy atom. The van der Waals surface area contributed by atoms with E-state index in [-0.39, 0.29) is 24.8 Å². The van der Waals surface area contributed by atoms with Gasteiger partial charge >= 0.3 is 6.03 Å². The normalized spacial score (nSPS) is 20.6. The van der Waals surface area contributed by atoms with Gasteiger partial charge in [0.05, 0.1) is 12.1 Å². The summed E-state index contributed by atoms with van der Waals surface area (Å²) in [5, 5.41) is 2.84. The number of hydrogen-bond acceptors (Lipinski definition) is 4. The number of amides is 3. The highest BCUT2D eigenvalue weighted by atomic mass is 16.5. The molecule has 0 spiro atoms. The number of nitrogens with one attached hydrogen (secondary N) is 1. The summed E-state index contributed by atoms with van der Waals surface area (Å²) in [6.45, 7) is 3.44. The van der Waals surface area contributed by atoms with Gasteiger partial charge in [-0.25, -0.2) is 4.79 Å². The van der Waals surface area contributed by atoms with Gasteiger partial charge in [-0.3, -0.25) is 14.5 Å². The number of rotatable bonds is 6. The van der Waals surface area contributed by atoms with Crippen LogP contribution in [0.4, 0.5) is 4.79 Å². The van der Waals surface area contributed by atoms with Gasteiger partial charge in [-0.15, -0.1) is 0 Å². The third kappa shape index (κ3) is 3.39. The first-order chi connectivity index (χ1) is 13.9. The van der Waals surface area contributed by atoms with E-state index in [0.717, 1.165) is 24.8 Å². The summed E-state index contributed by atoms with van der Waals surface area (Å²) in [7, 11) is 0. The Kier molecular flexibility index (Phi) is 4.86. The highest BCUT2D eigenvalue weighted by Gasteiger charge is 2.49. The average Bonchev–Trinajstić information content (AvgIpc) is 3.26. The average molecular weight is 392 g/mol. The largest absolute Gasteiger partial charge is 0.491 e. The lowest BCUT2D eigenvalue weighted by atomic mass is 9.90. The van der Waals surface area contributed by atoms with Crippen molar-refractivity contribution < 1.29 is 19.1 Å². The van der Waals surface area contributed by atoms with Crippen molar-refractivity contribution in [3.63, 3.8) is 0 Å². The van der Waals surface area contributed by atoms with Gasteiger partial charge in [0.15, 0.2) is 5.78 Å². The monoisotopic (exact) mass is 392 g/mol. The van der Waals surface area contributed by atoms with Crippen LogP contribution >= 0.6 is 0 Å². The molecule has 2 aliphatic rings. The molecule has 0 saturated carbocycles. The van der Waals surface area contributed by atoms with E-state index in [1.165, 1.54) is 23.0 Å². The number of carbonyl (C=O) groups is 3. The van der Waals surface area contributed by atoms with Gasteiger partial charge in [0.25, 0.3) is 5.91 Å². The standard InChI is InChI=1S/C23H24N2O4/c1-15(26)19-8-3-4-9-20(19)29-13-12-25-21(27)23(2,24-22(25)28)18-11-10-16-6-5-7-17(16)14-18/h3-4,8-11,14H,5-7,12-13H2,1-2H3,(H,24,28)/t23-/m0/s1. The topological polar surface area (TPSA) is 75.7 Å². The zero-order valence-corrected chi connectivity index (χ0v) is 16.7. The van der Waals surface area contributed by atoms with E-state index in [2.05, 4.69) is 11.4 Å². The maximum absolute atomic E-state index is 13.1. The van der Waals surface area contributed by atoms with Gasteiger partial charge in [-0.2, -0.15) is 0 Å². The number of carbonyl (C=O) groups excluding carboxylic acids is 3. The minimum absolute atomic E-state index is 0.0974. The van der Waals surface area contributed by atoms with Crippen LogP contribution in [0.3, 0.4) is 0 Å². The zero-order valence-electron chi connectivity index (χ0n) is 16.7. The van der Waals surface area contributed by atoms with Crippen LogP contribution in [0.5, 0.6) is 5.75 Å². The molecule has 1 heterocycles. The Morgan fingerprint density at radius 2 is 1.90 bits per heavy atom. The van der Waals surface area contributed by atoms with E-state index in [9.17, 15) is 14.4 Å². The molecule has 0 aromatic heterocycles. The molecule has 0 bridgehead atoms. The van der Waals surface area contributed by atoms with Crippen LogP contribution in [0.25, 0.3) is 0 Å². The molecular formula is C23H24N2O4. The summed E-state index contributed by atoms with van der Waals surface area (Å²) in [6, 6.07) is 12.6. The fourth-order valence-electron chi connectivity index (χ4n) is 4.11. The Balaban J connectivity index is 1.47. The smallest absolute Gasteiger partial charge is 0.325 e. The molecule has 2 aromatic carbocycles. The van der Waals surface area contributed by atoms with E-state index in [4.69, 9.17) is 4.74 Å². The zero-order chi connectivity index (χ0) is 20.6. The number of fused-ring (bicyclic) bond motifs is 1. The molecule has 1 aliphatic heterocycles. The fourth-order valence-corrected chi connectivity index (χ4v) is 4.11. The first-order valence-corrected chi connectivity index (χ1v) is 9.89. The number of para-hydroxylation sites is 1. The van der Waals surface area contributed by atoms with Gasteiger partial charge < -0.3 is 10.1 Å². The predicted octanol–water partition coefficient (Wildman–Crippen LogP) is 3.22. The Labute approximate surface area is 169 Å². The quantitative estimate of drug-likeness (QED) is 0.605. The molecule has 1 saturated heterocycles. The molecular weight excluding hydrogens is 368 g/mol. The molecule has 1 fully saturated rings. The van der Waals surface area contributed by atoms with Crippen molar-refractivity contribution in [2.75, 3.05) is 13.2 Å². The Hall–Kier alpha value is -3.15. The van der Waals surface area contributed by atoms with Crippen molar-refractivity contribution in [2.45, 2.75) is 38.6 Å². The number of nitrogens with zero attached hydrogens (tertiary/aromatic N) is 1. The van der Waals surface area contributed by atoms with Crippen molar-refractivity contribution in [1.82, 2.24) is 10.2 Å². The molecule has 6 heteroatoms. The SMILES string of the molecule is CC(=O)c1ccccc1OCCN1C(=O)N[C@@](C)(c2ccc3c(c2)CCC3)C1=O. The van der Waals surface area contributed by atoms with Crippen LogP contribution in [-0.4, -0.2) is 35.8 Å². The summed E-state index contributed by atoms with van der Waals surface area (Å²) < 4.78 is 5.70. The van der Waals surface area contributed by atoms with Crippen molar-refractivity contribution >= 4 is 17.7 Å². The van der Waals surface area contributed by atoms with Crippen LogP contribution in [0.1, 0.15) is 47.3 Å². The van der Waals surface area contributed by atoms with Gasteiger partial charge in [0.2, 0.25) is 0 Å². The third-order valence-corrected chi connectivity index (χ3v) is 5.79. The number of ether oxygens (including phenoxy) is 1. The summed E-state index contributed by atoms with van der Waals surface area (Å²) in [5.41, 5.74) is 2.79. The molecule has 1 aliphatic carbocycles. The van der Waals surface area contributed by atoms with Crippen LogP contribution in [0.15, 0.2) is 42.5 Å². The Morgan fingerprint density at radius 1 is 1.14 bits per heavy atom. The van der Waals surface area contributed by atoms with Gasteiger partial charge in [-0.1, -0.05) is 30.3 Å². The van der Waals surface area contributed by atoms with E-state index >= 15 is 0 Å². The number of imide groups is 1. The third-order valence-electron chi connectivity index (χ3n) is 5.79. The molecule has 150 valence electrons. The van der Waals surface area contributed by atoms with Crippen molar-refractivity contribution in [3.8, 4) is 5.75 Å². The number of Topliss-reactive ketones (excluding diaryl/α,β-unsaturated/α-hetero) is 1. The van der Waals surface area contributed by atoms with Crippen LogP contribution in [-0.2, 0) is 23.2 Å². The number of ketones is 1. The molecule has 29 heavy (non-hydrogen) atoms.